The first-order valence-electron chi connectivity index (χ1n) is 9.62. The third-order valence-electron chi connectivity index (χ3n) is 6.43. The van der Waals surface area contributed by atoms with Crippen molar-refractivity contribution in [2.24, 2.45) is 17.8 Å². The molecular formula is C21H30O4. The van der Waals surface area contributed by atoms with E-state index in [4.69, 9.17) is 4.74 Å². The van der Waals surface area contributed by atoms with Crippen LogP contribution in [0.25, 0.3) is 0 Å². The van der Waals surface area contributed by atoms with Crippen LogP contribution in [-0.2, 0) is 16.0 Å². The average Bonchev–Trinajstić information content (AvgIpc) is 2.64. The highest BCUT2D eigenvalue weighted by atomic mass is 16.5. The Kier molecular flexibility index (Phi) is 5.67. The van der Waals surface area contributed by atoms with Crippen LogP contribution in [0.3, 0.4) is 0 Å². The lowest BCUT2D eigenvalue weighted by atomic mass is 9.61. The molecule has 0 aliphatic heterocycles. The second-order valence-electron chi connectivity index (χ2n) is 7.72. The number of methoxy groups -OCH3 is 1. The number of fused-ring (bicyclic) bond motifs is 3. The molecule has 0 spiro atoms. The van der Waals surface area contributed by atoms with Crippen LogP contribution in [0.5, 0.6) is 5.75 Å². The van der Waals surface area contributed by atoms with E-state index in [0.29, 0.717) is 29.9 Å². The quantitative estimate of drug-likeness (QED) is 0.796. The van der Waals surface area contributed by atoms with Crippen molar-refractivity contribution in [1.29, 1.82) is 0 Å². The van der Waals surface area contributed by atoms with E-state index >= 15 is 0 Å². The molecule has 0 heterocycles. The number of ether oxygens (including phenoxy) is 1. The second-order valence-corrected chi connectivity index (χ2v) is 7.72. The third kappa shape index (κ3) is 3.69. The van der Waals surface area contributed by atoms with Crippen molar-refractivity contribution in [2.45, 2.75) is 63.9 Å². The van der Waals surface area contributed by atoms with Crippen LogP contribution >= 0.6 is 0 Å². The molecule has 5 atom stereocenters. The number of hydrogen-bond acceptors (Lipinski definition) is 4. The summed E-state index contributed by atoms with van der Waals surface area (Å²) >= 11 is 0. The summed E-state index contributed by atoms with van der Waals surface area (Å²) in [5, 5.41) is 20.1. The van der Waals surface area contributed by atoms with Crippen LogP contribution in [0.2, 0.25) is 0 Å². The van der Waals surface area contributed by atoms with Crippen molar-refractivity contribution < 1.29 is 19.7 Å². The van der Waals surface area contributed by atoms with E-state index in [2.05, 4.69) is 6.07 Å². The van der Waals surface area contributed by atoms with Crippen molar-refractivity contribution in [2.75, 3.05) is 7.11 Å². The Balaban J connectivity index is 1.79. The van der Waals surface area contributed by atoms with E-state index in [1.807, 2.05) is 13.0 Å². The molecule has 1 aromatic rings. The first-order valence-corrected chi connectivity index (χ1v) is 9.62. The summed E-state index contributed by atoms with van der Waals surface area (Å²) in [5.41, 5.74) is 2.66. The molecule has 0 amide bonds. The maximum atomic E-state index is 12.2. The normalized spacial score (nSPS) is 27.7. The Morgan fingerprint density at radius 2 is 2.12 bits per heavy atom. The summed E-state index contributed by atoms with van der Waals surface area (Å²) in [6.45, 7) is 1.91. The molecule has 0 bridgehead atoms. The number of phenols is 1. The van der Waals surface area contributed by atoms with Gasteiger partial charge in [-0.3, -0.25) is 4.79 Å². The number of carbonyl (C=O) groups is 1. The maximum absolute atomic E-state index is 12.2. The van der Waals surface area contributed by atoms with Gasteiger partial charge in [-0.2, -0.15) is 0 Å². The molecule has 138 valence electrons. The summed E-state index contributed by atoms with van der Waals surface area (Å²) in [6.07, 6.45) is 6.21. The van der Waals surface area contributed by atoms with E-state index in [1.165, 1.54) is 24.7 Å². The fraction of sp³-hybridized carbons (Fsp3) is 0.667. The average molecular weight is 346 g/mol. The minimum atomic E-state index is -0.624. The Hall–Kier alpha value is -1.55. The van der Waals surface area contributed by atoms with Crippen LogP contribution in [0, 0.1) is 17.8 Å². The topological polar surface area (TPSA) is 66.8 Å². The van der Waals surface area contributed by atoms with E-state index in [9.17, 15) is 15.0 Å². The summed E-state index contributed by atoms with van der Waals surface area (Å²) in [5.74, 6) is 1.17. The van der Waals surface area contributed by atoms with Crippen LogP contribution in [0.1, 0.15) is 62.5 Å². The number of aromatic hydroxyl groups is 1. The van der Waals surface area contributed by atoms with Gasteiger partial charge >= 0.3 is 5.97 Å². The number of rotatable bonds is 5. The van der Waals surface area contributed by atoms with Crippen LogP contribution in [0.4, 0.5) is 0 Å². The molecule has 2 aliphatic carbocycles. The Morgan fingerprint density at radius 3 is 2.84 bits per heavy atom. The number of carbonyl (C=O) groups excluding carboxylic acids is 1. The molecule has 4 heteroatoms. The van der Waals surface area contributed by atoms with Gasteiger partial charge in [0.1, 0.15) is 5.75 Å². The third-order valence-corrected chi connectivity index (χ3v) is 6.43. The molecular weight excluding hydrogens is 316 g/mol. The van der Waals surface area contributed by atoms with Gasteiger partial charge in [0, 0.05) is 0 Å². The van der Waals surface area contributed by atoms with Crippen LogP contribution in [-0.4, -0.2) is 29.4 Å². The molecule has 0 saturated heterocycles. The fourth-order valence-corrected chi connectivity index (χ4v) is 5.14. The molecule has 3 rings (SSSR count). The van der Waals surface area contributed by atoms with Gasteiger partial charge in [0.05, 0.1) is 19.1 Å². The largest absolute Gasteiger partial charge is 0.508 e. The first kappa shape index (κ1) is 18.2. The molecule has 1 saturated carbocycles. The van der Waals surface area contributed by atoms with Crippen molar-refractivity contribution in [3.63, 3.8) is 0 Å². The van der Waals surface area contributed by atoms with E-state index in [0.717, 1.165) is 32.1 Å². The predicted molar refractivity (Wildman–Crippen MR) is 96.4 cm³/mol. The maximum Gasteiger partial charge on any atom is 0.311 e. The van der Waals surface area contributed by atoms with Gasteiger partial charge in [0.25, 0.3) is 0 Å². The Bertz CT molecular complexity index is 612. The van der Waals surface area contributed by atoms with Crippen molar-refractivity contribution in [3.8, 4) is 5.75 Å². The van der Waals surface area contributed by atoms with Gasteiger partial charge in [0.15, 0.2) is 0 Å². The number of benzene rings is 1. The minimum absolute atomic E-state index is 0.280. The lowest BCUT2D eigenvalue weighted by Crippen LogP contribution is -2.37. The number of aliphatic hydroxyl groups excluding tert-OH is 1. The number of aryl methyl sites for hydroxylation is 1. The summed E-state index contributed by atoms with van der Waals surface area (Å²) in [4.78, 5) is 12.2. The molecule has 25 heavy (non-hydrogen) atoms. The molecule has 2 N–H and O–H groups in total. The molecule has 0 radical (unpaired) electrons. The monoisotopic (exact) mass is 346 g/mol. The zero-order chi connectivity index (χ0) is 18.0. The molecule has 0 unspecified atom stereocenters. The molecule has 2 aliphatic rings. The van der Waals surface area contributed by atoms with Crippen LogP contribution in [0.15, 0.2) is 18.2 Å². The van der Waals surface area contributed by atoms with Gasteiger partial charge in [-0.25, -0.2) is 0 Å². The van der Waals surface area contributed by atoms with Crippen molar-refractivity contribution >= 4 is 5.97 Å². The number of esters is 1. The van der Waals surface area contributed by atoms with Gasteiger partial charge in [-0.15, -0.1) is 0 Å². The van der Waals surface area contributed by atoms with Crippen LogP contribution < -0.4 is 0 Å². The first-order chi connectivity index (χ1) is 12.0. The highest BCUT2D eigenvalue weighted by Gasteiger charge is 2.40. The summed E-state index contributed by atoms with van der Waals surface area (Å²) < 4.78 is 4.96. The second kappa shape index (κ2) is 7.77. The van der Waals surface area contributed by atoms with Gasteiger partial charge in [-0.1, -0.05) is 25.8 Å². The van der Waals surface area contributed by atoms with E-state index < -0.39 is 12.0 Å². The summed E-state index contributed by atoms with van der Waals surface area (Å²) in [6, 6.07) is 5.79. The van der Waals surface area contributed by atoms with Gasteiger partial charge < -0.3 is 14.9 Å². The lowest BCUT2D eigenvalue weighted by Gasteiger charge is -2.43. The molecule has 1 fully saturated rings. The van der Waals surface area contributed by atoms with Crippen molar-refractivity contribution in [1.82, 2.24) is 0 Å². The SMILES string of the molecule is CC[C@@H](O)[C@H](C[C@@H]1CCC[C@@H]2c3ccc(O)cc3CC[C@@H]12)C(=O)OC. The summed E-state index contributed by atoms with van der Waals surface area (Å²) in [7, 11) is 1.41. The Labute approximate surface area is 150 Å². The number of hydrogen-bond donors (Lipinski definition) is 2. The minimum Gasteiger partial charge on any atom is -0.508 e. The lowest BCUT2D eigenvalue weighted by molar-refractivity contribution is -0.151. The zero-order valence-electron chi connectivity index (χ0n) is 15.3. The van der Waals surface area contributed by atoms with Crippen molar-refractivity contribution in [3.05, 3.63) is 29.3 Å². The fourth-order valence-electron chi connectivity index (χ4n) is 5.14. The van der Waals surface area contributed by atoms with E-state index in [1.54, 1.807) is 6.07 Å². The number of aliphatic hydroxyl groups is 1. The molecule has 0 aromatic heterocycles. The molecule has 4 nitrogen and oxygen atoms in total. The standard InChI is InChI=1S/C21H30O4/c1-3-20(23)19(21(24)25-2)12-13-5-4-6-18-16(13)9-7-14-11-15(22)8-10-17(14)18/h8,10-11,13,16,18-20,22-23H,3-7,9,12H2,1-2H3/t13-,16-,18-,19-,20+/m0/s1. The predicted octanol–water partition coefficient (Wildman–Crippen LogP) is 3.79. The zero-order valence-corrected chi connectivity index (χ0v) is 15.3. The van der Waals surface area contributed by atoms with E-state index in [-0.39, 0.29) is 5.97 Å². The van der Waals surface area contributed by atoms with Gasteiger partial charge in [0.2, 0.25) is 0 Å². The Morgan fingerprint density at radius 1 is 1.32 bits per heavy atom. The number of phenolic OH excluding ortho intramolecular Hbond substituents is 1. The van der Waals surface area contributed by atoms with Gasteiger partial charge in [-0.05, 0) is 73.1 Å². The molecule has 1 aromatic carbocycles. The highest BCUT2D eigenvalue weighted by molar-refractivity contribution is 5.72. The smallest absolute Gasteiger partial charge is 0.311 e. The highest BCUT2D eigenvalue weighted by Crippen LogP contribution is 2.50.